The van der Waals surface area contributed by atoms with Crippen molar-refractivity contribution < 1.29 is 86.1 Å². The number of nitrogens with two attached hydrogens (primary N) is 4. The van der Waals surface area contributed by atoms with Crippen molar-refractivity contribution in [1.29, 1.82) is 0 Å². The van der Waals surface area contributed by atoms with Crippen LogP contribution < -0.4 is 42.5 Å². The Balaban J connectivity index is 0.000000133. The van der Waals surface area contributed by atoms with Crippen LogP contribution in [0.1, 0.15) is 141 Å². The number of nitrogens with zero attached hydrogens (tertiary/aromatic N) is 16. The zero-order valence-corrected chi connectivity index (χ0v) is 60.8. The highest BCUT2D eigenvalue weighted by Gasteiger charge is 2.41. The molecule has 0 bridgehead atoms. The summed E-state index contributed by atoms with van der Waals surface area (Å²) in [7, 11) is 0. The molecule has 0 aliphatic carbocycles. The first kappa shape index (κ1) is 79.1. The molecule has 8 aromatic heterocycles. The molecule has 4 saturated heterocycles. The van der Waals surface area contributed by atoms with Gasteiger partial charge in [-0.25, -0.2) is 105 Å². The molecular formula is C75H70F12N20O7. The van der Waals surface area contributed by atoms with Gasteiger partial charge in [0.05, 0.1) is 70.2 Å². The molecule has 0 spiro atoms. The molecule has 12 heterocycles. The fraction of sp³-hybridized carbons (Fsp3) is 0.307. The van der Waals surface area contributed by atoms with Crippen LogP contribution in [-0.2, 0) is 14.2 Å². The minimum atomic E-state index is -1.25. The third-order valence-electron chi connectivity index (χ3n) is 19.2. The molecule has 114 heavy (non-hydrogen) atoms. The van der Waals surface area contributed by atoms with Crippen molar-refractivity contribution >= 4 is 92.8 Å². The van der Waals surface area contributed by atoms with E-state index in [-0.39, 0.29) is 185 Å². The van der Waals surface area contributed by atoms with Crippen LogP contribution in [0.3, 0.4) is 0 Å². The van der Waals surface area contributed by atoms with Crippen molar-refractivity contribution in [2.75, 3.05) is 88.5 Å². The molecule has 39 heteroatoms. The lowest BCUT2D eigenvalue weighted by Crippen LogP contribution is -2.25. The maximum atomic E-state index is 14.3. The summed E-state index contributed by atoms with van der Waals surface area (Å²) in [5, 5.41) is 16.1. The Morgan fingerprint density at radius 2 is 0.579 bits per heavy atom. The van der Waals surface area contributed by atoms with Crippen LogP contribution in [0.2, 0.25) is 0 Å². The molecule has 16 rings (SSSR count). The fourth-order valence-corrected chi connectivity index (χ4v) is 14.3. The molecule has 596 valence electrons. The van der Waals surface area contributed by atoms with E-state index < -0.39 is 113 Å². The molecule has 4 aliphatic rings. The highest BCUT2D eigenvalue weighted by Crippen LogP contribution is 2.44. The zero-order valence-electron chi connectivity index (χ0n) is 60.8. The predicted octanol–water partition coefficient (Wildman–Crippen LogP) is 12.2. The third-order valence-corrected chi connectivity index (χ3v) is 19.2. The van der Waals surface area contributed by atoms with E-state index >= 15 is 0 Å². The van der Waals surface area contributed by atoms with Crippen LogP contribution >= 0.6 is 0 Å². The van der Waals surface area contributed by atoms with Crippen LogP contribution in [-0.4, -0.2) is 153 Å². The summed E-state index contributed by atoms with van der Waals surface area (Å²) < 4.78 is 189. The molecule has 8 N–H and O–H groups in total. The van der Waals surface area contributed by atoms with Gasteiger partial charge in [0.25, 0.3) is 0 Å². The van der Waals surface area contributed by atoms with Gasteiger partial charge < -0.3 is 56.7 Å². The van der Waals surface area contributed by atoms with E-state index in [0.717, 1.165) is 72.8 Å². The Morgan fingerprint density at radius 1 is 0.360 bits per heavy atom. The number of anilines is 8. The van der Waals surface area contributed by atoms with Crippen LogP contribution in [0.4, 0.5) is 99.2 Å². The number of alkyl halides is 4. The van der Waals surface area contributed by atoms with Gasteiger partial charge in [0.15, 0.2) is 51.6 Å². The number of Topliss-reactive ketones (excluding diaryl/α,β-unsaturated/α-hetero) is 1. The Morgan fingerprint density at radius 3 is 0.798 bits per heavy atom. The lowest BCUT2D eigenvalue weighted by molar-refractivity contribution is 0.0519. The summed E-state index contributed by atoms with van der Waals surface area (Å²) in [6.45, 7) is 6.56. The van der Waals surface area contributed by atoms with E-state index in [1.807, 2.05) is 0 Å². The van der Waals surface area contributed by atoms with Crippen LogP contribution in [0, 0.1) is 46.5 Å². The lowest BCUT2D eigenvalue weighted by atomic mass is 10.0. The number of ether oxygens (including phenoxy) is 3. The predicted molar refractivity (Wildman–Crippen MR) is 391 cm³/mol. The van der Waals surface area contributed by atoms with Gasteiger partial charge in [-0.2, -0.15) is 0 Å². The standard InChI is InChI=1S/3C19H18F3N5O2.C18H16F3N5O/c3*1-2-29-19(28)16-17(23)25-27-6-5-15(24-18(16)27)26-9-11(21)8-14(26)12-7-10(20)3-4-13(12)22;1-9(27)16-17(22)24-26-5-4-15(23-18(16)26)25-8-11(20)7-14(25)12-6-10(19)2-3-13(12)21/h3*3-7,11,14H,2,8-9H2,1H3,(H2,23,25);2-6,11,14H,7-8H2,1H3,(H2,22,24)/t11-,14+;2*11-,14-;11-,14+/m0101/s1. The van der Waals surface area contributed by atoms with E-state index in [9.17, 15) is 71.9 Å². The first-order valence-corrected chi connectivity index (χ1v) is 35.6. The Bertz CT molecular complexity index is 5270. The molecule has 4 aliphatic heterocycles. The normalized spacial score (nSPS) is 19.3. The topological polar surface area (TPSA) is 334 Å². The Hall–Kier alpha value is -13.0. The van der Waals surface area contributed by atoms with Gasteiger partial charge in [0, 0.05) is 72.7 Å². The number of carbonyl (C=O) groups is 4. The van der Waals surface area contributed by atoms with E-state index in [2.05, 4.69) is 40.3 Å². The molecule has 0 unspecified atom stereocenters. The smallest absolute Gasteiger partial charge is 0.345 e. The summed E-state index contributed by atoms with van der Waals surface area (Å²) in [5.41, 5.74) is 24.3. The minimum absolute atomic E-state index is 0.00168. The molecule has 4 aromatic carbocycles. The summed E-state index contributed by atoms with van der Waals surface area (Å²) in [6, 6.07) is 15.6. The van der Waals surface area contributed by atoms with Crippen LogP contribution in [0.15, 0.2) is 122 Å². The number of fused-ring (bicyclic) bond motifs is 4. The number of benzene rings is 4. The van der Waals surface area contributed by atoms with Gasteiger partial charge in [-0.05, 0) is 125 Å². The van der Waals surface area contributed by atoms with Crippen LogP contribution in [0.25, 0.3) is 22.6 Å². The van der Waals surface area contributed by atoms with E-state index in [0.29, 0.717) is 5.82 Å². The summed E-state index contributed by atoms with van der Waals surface area (Å²) in [5.74, 6) is -6.17. The third kappa shape index (κ3) is 16.0. The van der Waals surface area contributed by atoms with Gasteiger partial charge in [0.1, 0.15) is 117 Å². The highest BCUT2D eigenvalue weighted by molar-refractivity contribution is 6.05. The SMILES string of the molecule is CC(=O)c1c(N)nn2ccc(N3C[C@H](F)C[C@H]3c3cc(F)ccc3F)nc12.CCOC(=O)c1c(N)nn2ccc(N3C[C@@H](F)C[C@@H]3c3cc(F)ccc3F)nc12.CCOC(=O)c1c(N)nn2ccc(N3C[C@@H](F)C[C@H]3c3cc(F)ccc3F)nc12.CCOC(=O)c1c(N)nn2ccc(N3C[C@H](F)C[C@@H]3c3cc(F)ccc3F)nc12. The second-order valence-electron chi connectivity index (χ2n) is 26.6. The summed E-state index contributed by atoms with van der Waals surface area (Å²) >= 11 is 0. The number of halogens is 12. The zero-order chi connectivity index (χ0) is 81.4. The van der Waals surface area contributed by atoms with Crippen molar-refractivity contribution in [3.63, 3.8) is 0 Å². The number of ketones is 1. The first-order valence-electron chi connectivity index (χ1n) is 35.6. The number of aromatic nitrogens is 12. The first-order chi connectivity index (χ1) is 54.5. The fourth-order valence-electron chi connectivity index (χ4n) is 14.3. The molecule has 0 saturated carbocycles. The van der Waals surface area contributed by atoms with E-state index in [1.165, 1.54) is 43.6 Å². The molecule has 0 radical (unpaired) electrons. The number of esters is 3. The molecule has 0 amide bonds. The number of hydrogen-bond acceptors (Lipinski definition) is 23. The van der Waals surface area contributed by atoms with Crippen molar-refractivity contribution in [3.8, 4) is 0 Å². The average Bonchev–Trinajstić information content (AvgIpc) is 1.63. The number of carbonyl (C=O) groups excluding carboxylic acids is 4. The monoisotopic (exact) mass is 1590 g/mol. The molecular weight excluding hydrogens is 1520 g/mol. The average molecular weight is 1590 g/mol. The molecule has 8 atom stereocenters. The maximum Gasteiger partial charge on any atom is 0.345 e. The van der Waals surface area contributed by atoms with Crippen molar-refractivity contribution in [3.05, 3.63) is 213 Å². The second kappa shape index (κ2) is 32.7. The maximum absolute atomic E-state index is 14.3. The van der Waals surface area contributed by atoms with Gasteiger partial charge >= 0.3 is 17.9 Å². The molecule has 12 aromatic rings. The van der Waals surface area contributed by atoms with Gasteiger partial charge in [-0.3, -0.25) is 4.79 Å². The summed E-state index contributed by atoms with van der Waals surface area (Å²) in [4.78, 5) is 72.4. The summed E-state index contributed by atoms with van der Waals surface area (Å²) in [6.07, 6.45) is 1.08. The largest absolute Gasteiger partial charge is 0.462 e. The lowest BCUT2D eigenvalue weighted by Gasteiger charge is -2.26. The van der Waals surface area contributed by atoms with E-state index in [1.54, 1.807) is 70.8 Å². The molecule has 27 nitrogen and oxygen atoms in total. The van der Waals surface area contributed by atoms with Gasteiger partial charge in [0.2, 0.25) is 0 Å². The Labute approximate surface area is 638 Å². The number of hydrogen-bond donors (Lipinski definition) is 4. The van der Waals surface area contributed by atoms with Crippen LogP contribution in [0.5, 0.6) is 0 Å². The van der Waals surface area contributed by atoms with Crippen molar-refractivity contribution in [2.24, 2.45) is 0 Å². The number of nitrogen functional groups attached to an aromatic ring is 4. The van der Waals surface area contributed by atoms with Gasteiger partial charge in [-0.15, -0.1) is 20.4 Å². The quantitative estimate of drug-likeness (QED) is 0.0320. The van der Waals surface area contributed by atoms with E-state index in [4.69, 9.17) is 37.1 Å². The highest BCUT2D eigenvalue weighted by atomic mass is 19.2. The molecule has 4 fully saturated rings. The number of rotatable bonds is 15. The Kier molecular flexibility index (Phi) is 22.7. The van der Waals surface area contributed by atoms with Crippen molar-refractivity contribution in [1.82, 2.24) is 58.4 Å². The van der Waals surface area contributed by atoms with Gasteiger partial charge in [-0.1, -0.05) is 0 Å². The van der Waals surface area contributed by atoms with Crippen molar-refractivity contribution in [2.45, 2.75) is 102 Å². The minimum Gasteiger partial charge on any atom is -0.462 e. The second-order valence-corrected chi connectivity index (χ2v) is 26.6.